The molecule has 1 aliphatic carbocycles. The topological polar surface area (TPSA) is 37.8 Å². The Hall–Kier alpha value is -0.770. The first-order chi connectivity index (χ1) is 7.79. The van der Waals surface area contributed by atoms with Gasteiger partial charge in [0.25, 0.3) is 0 Å². The van der Waals surface area contributed by atoms with Crippen molar-refractivity contribution >= 4 is 17.6 Å². The smallest absolute Gasteiger partial charge is 0.147 e. The molecule has 0 bridgehead atoms. The lowest BCUT2D eigenvalue weighted by Gasteiger charge is -2.14. The standard InChI is InChI=1S/C12H19N3S/c1-3-16-11-5-4-10(8-11)15-12-9(2)13-6-7-14-12/h6-7,10-11H,3-5,8H2,1-2H3,(H,14,15). The number of thioether (sulfide) groups is 1. The van der Waals surface area contributed by atoms with Crippen molar-refractivity contribution in [1.82, 2.24) is 9.97 Å². The lowest BCUT2D eigenvalue weighted by Crippen LogP contribution is -2.18. The van der Waals surface area contributed by atoms with Gasteiger partial charge in [0, 0.05) is 23.7 Å². The Bertz CT molecular complexity index is 343. The fraction of sp³-hybridized carbons (Fsp3) is 0.667. The van der Waals surface area contributed by atoms with E-state index in [-0.39, 0.29) is 0 Å². The normalized spacial score (nSPS) is 24.6. The van der Waals surface area contributed by atoms with Crippen LogP contribution in [0.25, 0.3) is 0 Å². The van der Waals surface area contributed by atoms with Crippen molar-refractivity contribution < 1.29 is 0 Å². The van der Waals surface area contributed by atoms with E-state index >= 15 is 0 Å². The molecule has 2 rings (SSSR count). The van der Waals surface area contributed by atoms with Gasteiger partial charge in [-0.15, -0.1) is 0 Å². The Labute approximate surface area is 101 Å². The van der Waals surface area contributed by atoms with Crippen LogP contribution >= 0.6 is 11.8 Å². The van der Waals surface area contributed by atoms with Gasteiger partial charge < -0.3 is 5.32 Å². The van der Waals surface area contributed by atoms with Gasteiger partial charge in [-0.25, -0.2) is 4.98 Å². The van der Waals surface area contributed by atoms with Gasteiger partial charge >= 0.3 is 0 Å². The maximum atomic E-state index is 4.33. The molecule has 1 heterocycles. The van der Waals surface area contributed by atoms with Gasteiger partial charge in [0.1, 0.15) is 5.82 Å². The molecule has 88 valence electrons. The van der Waals surface area contributed by atoms with Crippen LogP contribution in [0.5, 0.6) is 0 Å². The SMILES string of the molecule is CCSC1CCC(Nc2nccnc2C)C1. The molecule has 0 spiro atoms. The van der Waals surface area contributed by atoms with E-state index in [1.807, 2.05) is 6.92 Å². The van der Waals surface area contributed by atoms with E-state index in [0.717, 1.165) is 16.8 Å². The Morgan fingerprint density at radius 2 is 2.19 bits per heavy atom. The quantitative estimate of drug-likeness (QED) is 0.874. The van der Waals surface area contributed by atoms with Gasteiger partial charge in [-0.3, -0.25) is 4.98 Å². The highest BCUT2D eigenvalue weighted by Crippen LogP contribution is 2.31. The zero-order chi connectivity index (χ0) is 11.4. The molecular weight excluding hydrogens is 218 g/mol. The summed E-state index contributed by atoms with van der Waals surface area (Å²) in [5.74, 6) is 2.18. The molecule has 0 amide bonds. The summed E-state index contributed by atoms with van der Waals surface area (Å²) in [5, 5.41) is 4.34. The van der Waals surface area contributed by atoms with Gasteiger partial charge in [-0.1, -0.05) is 6.92 Å². The molecule has 3 nitrogen and oxygen atoms in total. The van der Waals surface area contributed by atoms with Crippen LogP contribution in [-0.2, 0) is 0 Å². The molecule has 1 aliphatic rings. The molecule has 16 heavy (non-hydrogen) atoms. The van der Waals surface area contributed by atoms with Crippen molar-refractivity contribution in [2.24, 2.45) is 0 Å². The Kier molecular flexibility index (Phi) is 4.04. The summed E-state index contributed by atoms with van der Waals surface area (Å²) in [5.41, 5.74) is 0.995. The van der Waals surface area contributed by atoms with Crippen LogP contribution in [-0.4, -0.2) is 27.0 Å². The number of aromatic nitrogens is 2. The third kappa shape index (κ3) is 2.88. The van der Waals surface area contributed by atoms with Crippen molar-refractivity contribution in [2.75, 3.05) is 11.1 Å². The molecule has 1 aromatic heterocycles. The van der Waals surface area contributed by atoms with Crippen LogP contribution in [0.15, 0.2) is 12.4 Å². The lowest BCUT2D eigenvalue weighted by atomic mass is 10.2. The summed E-state index contributed by atoms with van der Waals surface area (Å²) in [6.07, 6.45) is 7.34. The molecular formula is C12H19N3S. The average molecular weight is 237 g/mol. The second-order valence-electron chi connectivity index (χ2n) is 4.22. The fourth-order valence-electron chi connectivity index (χ4n) is 2.20. The van der Waals surface area contributed by atoms with E-state index in [9.17, 15) is 0 Å². The zero-order valence-electron chi connectivity index (χ0n) is 9.94. The Morgan fingerprint density at radius 1 is 1.38 bits per heavy atom. The first-order valence-corrected chi connectivity index (χ1v) is 7.00. The van der Waals surface area contributed by atoms with Crippen molar-refractivity contribution in [3.8, 4) is 0 Å². The summed E-state index contributed by atoms with van der Waals surface area (Å²) < 4.78 is 0. The van der Waals surface area contributed by atoms with Gasteiger partial charge in [0.2, 0.25) is 0 Å². The third-order valence-electron chi connectivity index (χ3n) is 3.01. The largest absolute Gasteiger partial charge is 0.366 e. The summed E-state index contributed by atoms with van der Waals surface area (Å²) in [6, 6.07) is 0.583. The molecule has 1 N–H and O–H groups in total. The van der Waals surface area contributed by atoms with Crippen LogP contribution in [0.1, 0.15) is 31.9 Å². The monoisotopic (exact) mass is 237 g/mol. The summed E-state index contributed by atoms with van der Waals surface area (Å²) >= 11 is 2.08. The minimum atomic E-state index is 0.583. The maximum absolute atomic E-state index is 4.33. The van der Waals surface area contributed by atoms with Crippen LogP contribution in [0.3, 0.4) is 0 Å². The number of anilines is 1. The number of aryl methyl sites for hydroxylation is 1. The summed E-state index contributed by atoms with van der Waals surface area (Å²) in [6.45, 7) is 4.24. The number of nitrogens with one attached hydrogen (secondary N) is 1. The minimum absolute atomic E-state index is 0.583. The van der Waals surface area contributed by atoms with Gasteiger partial charge in [-0.2, -0.15) is 11.8 Å². The summed E-state index contributed by atoms with van der Waals surface area (Å²) in [7, 11) is 0. The molecule has 1 saturated carbocycles. The van der Waals surface area contributed by atoms with Gasteiger partial charge in [0.05, 0.1) is 5.69 Å². The molecule has 0 aliphatic heterocycles. The van der Waals surface area contributed by atoms with E-state index in [4.69, 9.17) is 0 Å². The second-order valence-corrected chi connectivity index (χ2v) is 5.80. The van der Waals surface area contributed by atoms with Crippen LogP contribution < -0.4 is 5.32 Å². The summed E-state index contributed by atoms with van der Waals surface area (Å²) in [4.78, 5) is 8.58. The maximum Gasteiger partial charge on any atom is 0.147 e. The fourth-order valence-corrected chi connectivity index (χ4v) is 3.34. The van der Waals surface area contributed by atoms with Crippen LogP contribution in [0.4, 0.5) is 5.82 Å². The molecule has 1 fully saturated rings. The van der Waals surface area contributed by atoms with Crippen molar-refractivity contribution in [1.29, 1.82) is 0 Å². The number of hydrogen-bond acceptors (Lipinski definition) is 4. The van der Waals surface area contributed by atoms with Crippen molar-refractivity contribution in [3.05, 3.63) is 18.1 Å². The Balaban J connectivity index is 1.90. The highest BCUT2D eigenvalue weighted by Gasteiger charge is 2.24. The van der Waals surface area contributed by atoms with E-state index in [0.29, 0.717) is 6.04 Å². The molecule has 0 saturated heterocycles. The zero-order valence-corrected chi connectivity index (χ0v) is 10.8. The average Bonchev–Trinajstić information content (AvgIpc) is 2.70. The van der Waals surface area contributed by atoms with Crippen molar-refractivity contribution in [3.63, 3.8) is 0 Å². The Morgan fingerprint density at radius 3 is 2.94 bits per heavy atom. The highest BCUT2D eigenvalue weighted by atomic mass is 32.2. The molecule has 0 radical (unpaired) electrons. The van der Waals surface area contributed by atoms with Crippen molar-refractivity contribution in [2.45, 2.75) is 44.4 Å². The van der Waals surface area contributed by atoms with E-state index in [2.05, 4.69) is 34.0 Å². The first kappa shape index (κ1) is 11.7. The molecule has 0 aromatic carbocycles. The molecule has 2 atom stereocenters. The molecule has 2 unspecified atom stereocenters. The first-order valence-electron chi connectivity index (χ1n) is 5.95. The van der Waals surface area contributed by atoms with E-state index in [1.165, 1.54) is 25.0 Å². The van der Waals surface area contributed by atoms with E-state index < -0.39 is 0 Å². The number of nitrogens with zero attached hydrogens (tertiary/aromatic N) is 2. The molecule has 1 aromatic rings. The second kappa shape index (κ2) is 5.53. The minimum Gasteiger partial charge on any atom is -0.366 e. The molecule has 4 heteroatoms. The predicted octanol–water partition coefficient (Wildman–Crippen LogP) is 2.87. The highest BCUT2D eigenvalue weighted by molar-refractivity contribution is 7.99. The predicted molar refractivity (Wildman–Crippen MR) is 70.0 cm³/mol. The van der Waals surface area contributed by atoms with Crippen LogP contribution in [0.2, 0.25) is 0 Å². The third-order valence-corrected chi connectivity index (χ3v) is 4.24. The number of rotatable bonds is 4. The van der Waals surface area contributed by atoms with E-state index in [1.54, 1.807) is 12.4 Å². The lowest BCUT2D eigenvalue weighted by molar-refractivity contribution is 0.749. The van der Waals surface area contributed by atoms with Gasteiger partial charge in [-0.05, 0) is 31.9 Å². The van der Waals surface area contributed by atoms with Crippen LogP contribution in [0, 0.1) is 6.92 Å². The number of hydrogen-bond donors (Lipinski definition) is 1. The van der Waals surface area contributed by atoms with Gasteiger partial charge in [0.15, 0.2) is 0 Å².